The molecule has 4 heteroatoms. The van der Waals surface area contributed by atoms with Crippen LogP contribution in [0.2, 0.25) is 0 Å². The lowest BCUT2D eigenvalue weighted by Crippen LogP contribution is -2.31. The Morgan fingerprint density at radius 2 is 1.89 bits per heavy atom. The van der Waals surface area contributed by atoms with Crippen molar-refractivity contribution in [2.45, 2.75) is 6.04 Å². The lowest BCUT2D eigenvalue weighted by Gasteiger charge is -2.17. The SMILES string of the molecule is C=CC(NC(=S)Nc1ccccc1)c1ccccn1. The van der Waals surface area contributed by atoms with Gasteiger partial charge in [0.1, 0.15) is 0 Å². The van der Waals surface area contributed by atoms with Gasteiger partial charge in [0.2, 0.25) is 0 Å². The molecule has 1 unspecified atom stereocenters. The van der Waals surface area contributed by atoms with Crippen molar-refractivity contribution in [3.8, 4) is 0 Å². The van der Waals surface area contributed by atoms with Crippen molar-refractivity contribution in [1.29, 1.82) is 0 Å². The number of para-hydroxylation sites is 1. The fraction of sp³-hybridized carbons (Fsp3) is 0.0667. The highest BCUT2D eigenvalue weighted by atomic mass is 32.1. The first-order chi connectivity index (χ1) is 9.29. The van der Waals surface area contributed by atoms with Crippen LogP contribution in [0.3, 0.4) is 0 Å². The Balaban J connectivity index is 1.99. The standard InChI is InChI=1S/C15H15N3S/c1-2-13(14-10-6-7-11-16-14)18-15(19)17-12-8-4-3-5-9-12/h2-11,13H,1H2,(H2,17,18,19). The van der Waals surface area contributed by atoms with E-state index in [0.717, 1.165) is 11.4 Å². The molecule has 0 bridgehead atoms. The van der Waals surface area contributed by atoms with E-state index in [4.69, 9.17) is 12.2 Å². The normalized spacial score (nSPS) is 11.4. The number of rotatable bonds is 4. The Labute approximate surface area is 118 Å². The van der Waals surface area contributed by atoms with Gasteiger partial charge in [-0.25, -0.2) is 0 Å². The molecule has 0 fully saturated rings. The molecule has 0 aliphatic rings. The highest BCUT2D eigenvalue weighted by Crippen LogP contribution is 2.11. The lowest BCUT2D eigenvalue weighted by atomic mass is 10.2. The highest BCUT2D eigenvalue weighted by molar-refractivity contribution is 7.80. The molecule has 2 N–H and O–H groups in total. The van der Waals surface area contributed by atoms with Crippen LogP contribution in [0.4, 0.5) is 5.69 Å². The third-order valence-corrected chi connectivity index (χ3v) is 2.78. The van der Waals surface area contributed by atoms with Crippen molar-refractivity contribution in [1.82, 2.24) is 10.3 Å². The molecule has 1 aromatic carbocycles. The zero-order chi connectivity index (χ0) is 13.5. The first kappa shape index (κ1) is 13.2. The predicted molar refractivity (Wildman–Crippen MR) is 83.0 cm³/mol. The van der Waals surface area contributed by atoms with E-state index in [0.29, 0.717) is 5.11 Å². The molecule has 0 amide bonds. The first-order valence-corrected chi connectivity index (χ1v) is 6.36. The summed E-state index contributed by atoms with van der Waals surface area (Å²) in [6.07, 6.45) is 3.53. The molecule has 1 atom stereocenters. The second kappa shape index (κ2) is 6.66. The maximum absolute atomic E-state index is 5.28. The minimum Gasteiger partial charge on any atom is -0.351 e. The number of thiocarbonyl (C=S) groups is 1. The predicted octanol–water partition coefficient (Wildman–Crippen LogP) is 3.30. The van der Waals surface area contributed by atoms with E-state index < -0.39 is 0 Å². The number of pyridine rings is 1. The number of aromatic nitrogens is 1. The molecule has 0 aliphatic heterocycles. The van der Waals surface area contributed by atoms with Crippen LogP contribution < -0.4 is 10.6 Å². The summed E-state index contributed by atoms with van der Waals surface area (Å²) in [5, 5.41) is 6.84. The summed E-state index contributed by atoms with van der Waals surface area (Å²) in [7, 11) is 0. The fourth-order valence-electron chi connectivity index (χ4n) is 1.64. The van der Waals surface area contributed by atoms with E-state index in [-0.39, 0.29) is 6.04 Å². The van der Waals surface area contributed by atoms with Crippen molar-refractivity contribution in [3.63, 3.8) is 0 Å². The summed E-state index contributed by atoms with van der Waals surface area (Å²) in [6, 6.07) is 15.4. The first-order valence-electron chi connectivity index (χ1n) is 5.95. The Bertz CT molecular complexity index is 540. The molecular formula is C15H15N3S. The second-order valence-corrected chi connectivity index (χ2v) is 4.34. The van der Waals surface area contributed by atoms with Gasteiger partial charge in [-0.1, -0.05) is 30.3 Å². The smallest absolute Gasteiger partial charge is 0.171 e. The molecule has 1 aromatic heterocycles. The van der Waals surface area contributed by atoms with Crippen LogP contribution >= 0.6 is 12.2 Å². The fourth-order valence-corrected chi connectivity index (χ4v) is 1.89. The summed E-state index contributed by atoms with van der Waals surface area (Å²) in [5.74, 6) is 0. The third kappa shape index (κ3) is 3.89. The number of hydrogen-bond acceptors (Lipinski definition) is 2. The average Bonchev–Trinajstić information content (AvgIpc) is 2.47. The number of nitrogens with zero attached hydrogens (tertiary/aromatic N) is 1. The van der Waals surface area contributed by atoms with Gasteiger partial charge >= 0.3 is 0 Å². The molecule has 0 saturated heterocycles. The van der Waals surface area contributed by atoms with Gasteiger partial charge in [0.15, 0.2) is 5.11 Å². The Hall–Kier alpha value is -2.20. The number of nitrogens with one attached hydrogen (secondary N) is 2. The zero-order valence-electron chi connectivity index (χ0n) is 10.4. The van der Waals surface area contributed by atoms with Gasteiger partial charge in [-0.2, -0.15) is 0 Å². The van der Waals surface area contributed by atoms with Crippen LogP contribution in [0.5, 0.6) is 0 Å². The van der Waals surface area contributed by atoms with Crippen molar-refractivity contribution in [2.24, 2.45) is 0 Å². The monoisotopic (exact) mass is 269 g/mol. The molecule has 96 valence electrons. The van der Waals surface area contributed by atoms with Gasteiger partial charge in [-0.15, -0.1) is 6.58 Å². The maximum atomic E-state index is 5.28. The maximum Gasteiger partial charge on any atom is 0.171 e. The van der Waals surface area contributed by atoms with Gasteiger partial charge in [0.25, 0.3) is 0 Å². The van der Waals surface area contributed by atoms with E-state index >= 15 is 0 Å². The largest absolute Gasteiger partial charge is 0.351 e. The average molecular weight is 269 g/mol. The van der Waals surface area contributed by atoms with Gasteiger partial charge < -0.3 is 10.6 Å². The van der Waals surface area contributed by atoms with Crippen LogP contribution in [0, 0.1) is 0 Å². The minimum absolute atomic E-state index is 0.107. The summed E-state index contributed by atoms with van der Waals surface area (Å²) in [6.45, 7) is 3.81. The van der Waals surface area contributed by atoms with Crippen LogP contribution in [0.1, 0.15) is 11.7 Å². The summed E-state index contributed by atoms with van der Waals surface area (Å²) >= 11 is 5.28. The second-order valence-electron chi connectivity index (χ2n) is 3.93. The molecule has 19 heavy (non-hydrogen) atoms. The Morgan fingerprint density at radius 1 is 1.16 bits per heavy atom. The summed E-state index contributed by atoms with van der Waals surface area (Å²) in [4.78, 5) is 4.29. The van der Waals surface area contributed by atoms with Gasteiger partial charge in [-0.05, 0) is 36.5 Å². The van der Waals surface area contributed by atoms with Crippen LogP contribution in [0.25, 0.3) is 0 Å². The van der Waals surface area contributed by atoms with Crippen molar-refractivity contribution in [2.75, 3.05) is 5.32 Å². The molecule has 2 aromatic rings. The Kier molecular flexibility index (Phi) is 4.64. The molecule has 2 rings (SSSR count). The van der Waals surface area contributed by atoms with Gasteiger partial charge in [0.05, 0.1) is 11.7 Å². The molecular weight excluding hydrogens is 254 g/mol. The number of hydrogen-bond donors (Lipinski definition) is 2. The molecule has 0 radical (unpaired) electrons. The molecule has 0 aliphatic carbocycles. The quantitative estimate of drug-likeness (QED) is 0.659. The topological polar surface area (TPSA) is 37.0 Å². The van der Waals surface area contributed by atoms with Crippen LogP contribution in [-0.4, -0.2) is 10.1 Å². The number of benzene rings is 1. The number of anilines is 1. The Morgan fingerprint density at radius 3 is 2.53 bits per heavy atom. The molecule has 0 spiro atoms. The van der Waals surface area contributed by atoms with E-state index in [1.165, 1.54) is 0 Å². The van der Waals surface area contributed by atoms with E-state index in [1.807, 2.05) is 48.5 Å². The van der Waals surface area contributed by atoms with Crippen molar-refractivity contribution >= 4 is 23.0 Å². The van der Waals surface area contributed by atoms with E-state index in [9.17, 15) is 0 Å². The zero-order valence-corrected chi connectivity index (χ0v) is 11.2. The van der Waals surface area contributed by atoms with Crippen molar-refractivity contribution < 1.29 is 0 Å². The highest BCUT2D eigenvalue weighted by Gasteiger charge is 2.09. The van der Waals surface area contributed by atoms with Gasteiger partial charge in [0, 0.05) is 11.9 Å². The van der Waals surface area contributed by atoms with Crippen LogP contribution in [-0.2, 0) is 0 Å². The summed E-state index contributed by atoms with van der Waals surface area (Å²) < 4.78 is 0. The lowest BCUT2D eigenvalue weighted by molar-refractivity contribution is 0.768. The molecule has 1 heterocycles. The van der Waals surface area contributed by atoms with E-state index in [1.54, 1.807) is 12.3 Å². The van der Waals surface area contributed by atoms with Gasteiger partial charge in [-0.3, -0.25) is 4.98 Å². The third-order valence-electron chi connectivity index (χ3n) is 2.56. The minimum atomic E-state index is -0.107. The molecule has 0 saturated carbocycles. The van der Waals surface area contributed by atoms with Crippen molar-refractivity contribution in [3.05, 3.63) is 73.1 Å². The van der Waals surface area contributed by atoms with Crippen LogP contribution in [0.15, 0.2) is 67.4 Å². The molecule has 3 nitrogen and oxygen atoms in total. The van der Waals surface area contributed by atoms with E-state index in [2.05, 4.69) is 22.2 Å². The summed E-state index contributed by atoms with van der Waals surface area (Å²) in [5.41, 5.74) is 1.83.